The Kier molecular flexibility index (Phi) is 1.93. The van der Waals surface area contributed by atoms with Gasteiger partial charge in [-0.1, -0.05) is 6.92 Å². The van der Waals surface area contributed by atoms with Crippen LogP contribution in [0, 0.1) is 0 Å². The number of fused-ring (bicyclic) bond motifs is 1. The molecule has 0 fully saturated rings. The van der Waals surface area contributed by atoms with Crippen LogP contribution < -0.4 is 5.32 Å². The highest BCUT2D eigenvalue weighted by atomic mass is 14.9. The topological polar surface area (TPSA) is 40.7 Å². The second-order valence-corrected chi connectivity index (χ2v) is 3.04. The third-order valence-corrected chi connectivity index (χ3v) is 2.29. The van der Waals surface area contributed by atoms with Gasteiger partial charge in [0.2, 0.25) is 0 Å². The maximum atomic E-state index is 4.30. The molecule has 2 aromatic heterocycles. The molecule has 2 aromatic rings. The van der Waals surface area contributed by atoms with Crippen molar-refractivity contribution in [3.63, 3.8) is 0 Å². The number of hydrogen-bond donors (Lipinski definition) is 2. The molecule has 0 saturated heterocycles. The highest BCUT2D eigenvalue weighted by Gasteiger charge is 2.02. The first-order valence-electron chi connectivity index (χ1n) is 4.49. The van der Waals surface area contributed by atoms with Gasteiger partial charge in [0, 0.05) is 18.6 Å². The molecule has 68 valence electrons. The van der Waals surface area contributed by atoms with Gasteiger partial charge in [0.05, 0.1) is 11.9 Å². The van der Waals surface area contributed by atoms with E-state index in [9.17, 15) is 0 Å². The Morgan fingerprint density at radius 1 is 1.54 bits per heavy atom. The van der Waals surface area contributed by atoms with Crippen molar-refractivity contribution in [3.05, 3.63) is 24.0 Å². The van der Waals surface area contributed by atoms with Gasteiger partial charge in [-0.3, -0.25) is 0 Å². The van der Waals surface area contributed by atoms with Gasteiger partial charge in [-0.2, -0.15) is 0 Å². The fraction of sp³-hybridized carbons (Fsp3) is 0.300. The molecule has 0 atom stereocenters. The lowest BCUT2D eigenvalue weighted by molar-refractivity contribution is 1.15. The highest BCUT2D eigenvalue weighted by Crippen LogP contribution is 2.19. The molecule has 2 heterocycles. The Morgan fingerprint density at radius 2 is 2.38 bits per heavy atom. The van der Waals surface area contributed by atoms with Gasteiger partial charge < -0.3 is 10.3 Å². The van der Waals surface area contributed by atoms with E-state index in [0.29, 0.717) is 0 Å². The number of rotatable bonds is 2. The lowest BCUT2D eigenvalue weighted by Crippen LogP contribution is -1.89. The Morgan fingerprint density at radius 3 is 3.08 bits per heavy atom. The molecule has 0 saturated carbocycles. The summed E-state index contributed by atoms with van der Waals surface area (Å²) in [4.78, 5) is 7.45. The van der Waals surface area contributed by atoms with Gasteiger partial charge in [-0.15, -0.1) is 0 Å². The van der Waals surface area contributed by atoms with Crippen molar-refractivity contribution in [1.82, 2.24) is 9.97 Å². The minimum atomic E-state index is 0.968. The molecule has 13 heavy (non-hydrogen) atoms. The van der Waals surface area contributed by atoms with Crippen LogP contribution in [0.2, 0.25) is 0 Å². The number of aromatic nitrogens is 2. The molecule has 0 aliphatic rings. The molecule has 0 aliphatic carbocycles. The van der Waals surface area contributed by atoms with Crippen molar-refractivity contribution in [2.75, 3.05) is 12.4 Å². The van der Waals surface area contributed by atoms with Gasteiger partial charge in [0.1, 0.15) is 5.65 Å². The minimum absolute atomic E-state index is 0.968. The largest absolute Gasteiger partial charge is 0.387 e. The highest BCUT2D eigenvalue weighted by molar-refractivity contribution is 5.82. The van der Waals surface area contributed by atoms with Crippen molar-refractivity contribution < 1.29 is 0 Å². The molecule has 0 aliphatic heterocycles. The molecule has 0 aromatic carbocycles. The van der Waals surface area contributed by atoms with Crippen LogP contribution in [-0.2, 0) is 6.42 Å². The van der Waals surface area contributed by atoms with Crippen LogP contribution in [0.25, 0.3) is 11.0 Å². The van der Waals surface area contributed by atoms with E-state index in [4.69, 9.17) is 0 Å². The molecule has 0 spiro atoms. The van der Waals surface area contributed by atoms with Gasteiger partial charge in [-0.25, -0.2) is 4.98 Å². The number of H-pyrrole nitrogens is 1. The first-order valence-corrected chi connectivity index (χ1v) is 4.49. The van der Waals surface area contributed by atoms with Crippen LogP contribution in [0.15, 0.2) is 18.5 Å². The Bertz CT molecular complexity index is 417. The number of aromatic amines is 1. The van der Waals surface area contributed by atoms with Crippen LogP contribution in [0.1, 0.15) is 12.5 Å². The molecule has 2 rings (SSSR count). The predicted octanol–water partition coefficient (Wildman–Crippen LogP) is 2.17. The van der Waals surface area contributed by atoms with E-state index in [1.165, 1.54) is 10.9 Å². The van der Waals surface area contributed by atoms with E-state index >= 15 is 0 Å². The third-order valence-electron chi connectivity index (χ3n) is 2.29. The lowest BCUT2D eigenvalue weighted by Gasteiger charge is -1.99. The zero-order valence-corrected chi connectivity index (χ0v) is 7.89. The van der Waals surface area contributed by atoms with E-state index in [2.05, 4.69) is 28.3 Å². The quantitative estimate of drug-likeness (QED) is 0.734. The van der Waals surface area contributed by atoms with Gasteiger partial charge in [-0.05, 0) is 18.1 Å². The second-order valence-electron chi connectivity index (χ2n) is 3.04. The summed E-state index contributed by atoms with van der Waals surface area (Å²) in [6, 6.07) is 2.12. The first kappa shape index (κ1) is 8.10. The summed E-state index contributed by atoms with van der Waals surface area (Å²) in [7, 11) is 1.90. The maximum absolute atomic E-state index is 4.30. The van der Waals surface area contributed by atoms with E-state index in [1.807, 2.05) is 19.4 Å². The van der Waals surface area contributed by atoms with Crippen LogP contribution in [-0.4, -0.2) is 17.0 Å². The molecule has 2 N–H and O–H groups in total. The van der Waals surface area contributed by atoms with Crippen molar-refractivity contribution in [3.8, 4) is 0 Å². The maximum Gasteiger partial charge on any atom is 0.137 e. The van der Waals surface area contributed by atoms with Gasteiger partial charge in [0.25, 0.3) is 0 Å². The van der Waals surface area contributed by atoms with Crippen molar-refractivity contribution in [2.24, 2.45) is 0 Å². The predicted molar refractivity (Wildman–Crippen MR) is 55.0 cm³/mol. The van der Waals surface area contributed by atoms with E-state index < -0.39 is 0 Å². The Labute approximate surface area is 77.2 Å². The van der Waals surface area contributed by atoms with E-state index in [1.54, 1.807) is 0 Å². The summed E-state index contributed by atoms with van der Waals surface area (Å²) in [5.41, 5.74) is 3.34. The summed E-state index contributed by atoms with van der Waals surface area (Å²) in [5, 5.41) is 4.30. The number of anilines is 1. The van der Waals surface area contributed by atoms with Crippen LogP contribution >= 0.6 is 0 Å². The van der Waals surface area contributed by atoms with Crippen molar-refractivity contribution >= 4 is 16.7 Å². The first-order chi connectivity index (χ1) is 6.35. The van der Waals surface area contributed by atoms with Crippen LogP contribution in [0.3, 0.4) is 0 Å². The lowest BCUT2D eigenvalue weighted by atomic mass is 10.2. The standard InChI is InChI=1S/C10H13N3/c1-3-7-5-12-10-9(7)4-8(11-2)6-13-10/h4-6,11H,3H2,1-2H3,(H,12,13). The monoisotopic (exact) mass is 175 g/mol. The van der Waals surface area contributed by atoms with Crippen LogP contribution in [0.4, 0.5) is 5.69 Å². The molecule has 0 amide bonds. The summed E-state index contributed by atoms with van der Waals surface area (Å²) in [6.07, 6.45) is 4.89. The number of nitrogens with one attached hydrogen (secondary N) is 2. The molecule has 0 unspecified atom stereocenters. The number of hydrogen-bond acceptors (Lipinski definition) is 2. The van der Waals surface area contributed by atoms with Crippen molar-refractivity contribution in [1.29, 1.82) is 0 Å². The van der Waals surface area contributed by atoms with Gasteiger partial charge >= 0.3 is 0 Å². The minimum Gasteiger partial charge on any atom is -0.387 e. The number of nitrogens with zero attached hydrogens (tertiary/aromatic N) is 1. The summed E-state index contributed by atoms with van der Waals surface area (Å²) >= 11 is 0. The summed E-state index contributed by atoms with van der Waals surface area (Å²) < 4.78 is 0. The number of pyridine rings is 1. The fourth-order valence-corrected chi connectivity index (χ4v) is 1.49. The third kappa shape index (κ3) is 1.26. The molecular formula is C10H13N3. The van der Waals surface area contributed by atoms with Crippen molar-refractivity contribution in [2.45, 2.75) is 13.3 Å². The van der Waals surface area contributed by atoms with Gasteiger partial charge in [0.15, 0.2) is 0 Å². The van der Waals surface area contributed by atoms with Crippen LogP contribution in [0.5, 0.6) is 0 Å². The Balaban J connectivity index is 2.64. The molecular weight excluding hydrogens is 162 g/mol. The molecule has 3 heteroatoms. The normalized spacial score (nSPS) is 10.6. The molecule has 3 nitrogen and oxygen atoms in total. The molecule has 0 bridgehead atoms. The summed E-state index contributed by atoms with van der Waals surface area (Å²) in [6.45, 7) is 2.15. The summed E-state index contributed by atoms with van der Waals surface area (Å²) in [5.74, 6) is 0. The SMILES string of the molecule is CCc1c[nH]c2ncc(NC)cc12. The van der Waals surface area contributed by atoms with E-state index in [-0.39, 0.29) is 0 Å². The average molecular weight is 175 g/mol. The number of aryl methyl sites for hydroxylation is 1. The Hall–Kier alpha value is -1.51. The fourth-order valence-electron chi connectivity index (χ4n) is 1.49. The second kappa shape index (κ2) is 3.09. The smallest absolute Gasteiger partial charge is 0.137 e. The zero-order chi connectivity index (χ0) is 9.26. The molecule has 0 radical (unpaired) electrons. The average Bonchev–Trinajstić information content (AvgIpc) is 2.59. The van der Waals surface area contributed by atoms with E-state index in [0.717, 1.165) is 17.8 Å². The zero-order valence-electron chi connectivity index (χ0n) is 7.89.